The molecule has 2 bridgehead atoms. The van der Waals surface area contributed by atoms with Crippen LogP contribution in [0, 0.1) is 5.92 Å². The van der Waals surface area contributed by atoms with E-state index in [1.54, 1.807) is 4.90 Å². The van der Waals surface area contributed by atoms with E-state index in [9.17, 15) is 14.4 Å². The Kier molecular flexibility index (Phi) is 7.26. The number of carbonyl (C=O) groups excluding carboxylic acids is 3. The fourth-order valence-electron chi connectivity index (χ4n) is 8.24. The first-order chi connectivity index (χ1) is 22.6. The molecule has 0 spiro atoms. The van der Waals surface area contributed by atoms with Crippen molar-refractivity contribution in [2.75, 3.05) is 13.2 Å². The van der Waals surface area contributed by atoms with Crippen molar-refractivity contribution in [1.29, 1.82) is 0 Å². The van der Waals surface area contributed by atoms with E-state index in [0.717, 1.165) is 79.7 Å². The zero-order valence-electron chi connectivity index (χ0n) is 27.4. The van der Waals surface area contributed by atoms with Gasteiger partial charge in [-0.15, -0.1) is 0 Å². The first kappa shape index (κ1) is 30.0. The SMILES string of the molecule is CC(C)(C)OC(=O)N1C2CCC(C2)C1C(=O)OCC(=O)c1ccc2c(c1)CCc1cc(-c3cnc(C4CCCN4C4=CC4)[nH]3)ccc1-2. The number of aromatic amines is 1. The van der Waals surface area contributed by atoms with Gasteiger partial charge in [-0.05, 0) is 112 Å². The number of aryl methyl sites for hydroxylation is 2. The third-order valence-electron chi connectivity index (χ3n) is 10.5. The second kappa shape index (κ2) is 11.4. The molecular weight excluding hydrogens is 592 g/mol. The fourth-order valence-corrected chi connectivity index (χ4v) is 8.24. The van der Waals surface area contributed by atoms with Crippen LogP contribution in [0.1, 0.15) is 92.6 Å². The number of H-pyrrole nitrogens is 1. The molecule has 4 atom stereocenters. The van der Waals surface area contributed by atoms with Gasteiger partial charge in [0.05, 0.1) is 17.9 Å². The zero-order valence-corrected chi connectivity index (χ0v) is 27.4. The normalized spacial score (nSPS) is 24.1. The third kappa shape index (κ3) is 5.63. The van der Waals surface area contributed by atoms with Crippen molar-refractivity contribution in [3.05, 3.63) is 76.9 Å². The lowest BCUT2D eigenvalue weighted by molar-refractivity contribution is -0.150. The smallest absolute Gasteiger partial charge is 0.411 e. The summed E-state index contributed by atoms with van der Waals surface area (Å²) >= 11 is 0. The van der Waals surface area contributed by atoms with Gasteiger partial charge >= 0.3 is 12.1 Å². The van der Waals surface area contributed by atoms with E-state index in [4.69, 9.17) is 14.5 Å². The number of amides is 1. The van der Waals surface area contributed by atoms with Gasteiger partial charge in [-0.25, -0.2) is 14.6 Å². The number of esters is 1. The van der Waals surface area contributed by atoms with Crippen LogP contribution in [0.15, 0.2) is 54.4 Å². The van der Waals surface area contributed by atoms with Crippen molar-refractivity contribution in [1.82, 2.24) is 19.8 Å². The molecule has 2 aromatic carbocycles. The summed E-state index contributed by atoms with van der Waals surface area (Å²) in [6.07, 6.45) is 11.4. The van der Waals surface area contributed by atoms with Gasteiger partial charge in [0, 0.05) is 30.3 Å². The number of fused-ring (bicyclic) bond motifs is 5. The topological polar surface area (TPSA) is 105 Å². The monoisotopic (exact) mass is 634 g/mol. The fraction of sp³-hybridized carbons (Fsp3) is 0.474. The number of likely N-dealkylation sites (tertiary alicyclic amines) is 2. The molecule has 3 aromatic rings. The summed E-state index contributed by atoms with van der Waals surface area (Å²) in [5.41, 5.74) is 8.21. The predicted molar refractivity (Wildman–Crippen MR) is 177 cm³/mol. The lowest BCUT2D eigenvalue weighted by Gasteiger charge is -2.35. The van der Waals surface area contributed by atoms with Gasteiger partial charge in [-0.3, -0.25) is 9.69 Å². The number of carbonyl (C=O) groups is 3. The van der Waals surface area contributed by atoms with Gasteiger partial charge in [0.1, 0.15) is 17.5 Å². The van der Waals surface area contributed by atoms with Crippen LogP contribution in [-0.4, -0.2) is 68.4 Å². The summed E-state index contributed by atoms with van der Waals surface area (Å²) in [6, 6.07) is 12.0. The Balaban J connectivity index is 0.931. The quantitative estimate of drug-likeness (QED) is 0.226. The molecule has 5 aliphatic rings. The molecule has 9 heteroatoms. The highest BCUT2D eigenvalue weighted by atomic mass is 16.6. The van der Waals surface area contributed by atoms with Crippen LogP contribution in [0.2, 0.25) is 0 Å². The van der Waals surface area contributed by atoms with Crippen LogP contribution in [0.4, 0.5) is 4.79 Å². The summed E-state index contributed by atoms with van der Waals surface area (Å²) < 4.78 is 11.2. The molecule has 8 rings (SSSR count). The van der Waals surface area contributed by atoms with Crippen molar-refractivity contribution in [3.8, 4) is 22.4 Å². The highest BCUT2D eigenvalue weighted by Crippen LogP contribution is 2.44. The number of rotatable bonds is 7. The molecule has 0 radical (unpaired) electrons. The number of benzene rings is 2. The maximum absolute atomic E-state index is 13.2. The predicted octanol–water partition coefficient (Wildman–Crippen LogP) is 6.78. The molecule has 3 fully saturated rings. The summed E-state index contributed by atoms with van der Waals surface area (Å²) in [5, 5.41) is 0. The number of hydrogen-bond donors (Lipinski definition) is 1. The maximum Gasteiger partial charge on any atom is 0.411 e. The number of hydrogen-bond acceptors (Lipinski definition) is 7. The average molecular weight is 635 g/mol. The Morgan fingerprint density at radius 2 is 1.77 bits per heavy atom. The Hall–Kier alpha value is -4.40. The van der Waals surface area contributed by atoms with Crippen LogP contribution >= 0.6 is 0 Å². The number of imidazole rings is 1. The van der Waals surface area contributed by atoms with Crippen molar-refractivity contribution in [3.63, 3.8) is 0 Å². The number of nitrogens with one attached hydrogen (secondary N) is 1. The standard InChI is InChI=1S/C38H42N4O5/c1-38(2,3)47-37(45)42-28-11-8-26(19-28)34(42)36(44)46-21-33(43)25-10-15-30-23(18-25)7-6-22-17-24(9-14-29(22)30)31-20-39-35(40-31)32-5-4-16-41(32)27-12-13-27/h9-10,12,14-15,17-18,20,26,28,32,34H,4-8,11,13,16,19,21H2,1-3H3,(H,39,40). The first-order valence-electron chi connectivity index (χ1n) is 17.1. The summed E-state index contributed by atoms with van der Waals surface area (Å²) in [4.78, 5) is 51.8. The van der Waals surface area contributed by atoms with Gasteiger partial charge in [0.2, 0.25) is 0 Å². The van der Waals surface area contributed by atoms with Crippen molar-refractivity contribution in [2.45, 2.75) is 95.9 Å². The Morgan fingerprint density at radius 3 is 2.53 bits per heavy atom. The van der Waals surface area contributed by atoms with Crippen LogP contribution in [0.5, 0.6) is 0 Å². The van der Waals surface area contributed by atoms with E-state index < -0.39 is 23.7 Å². The van der Waals surface area contributed by atoms with Crippen LogP contribution in [0.3, 0.4) is 0 Å². The number of piperidine rings is 1. The molecule has 1 amide bonds. The highest BCUT2D eigenvalue weighted by Gasteiger charge is 2.53. The largest absolute Gasteiger partial charge is 0.456 e. The Labute approximate surface area is 275 Å². The van der Waals surface area contributed by atoms with Crippen molar-refractivity contribution in [2.24, 2.45) is 5.92 Å². The minimum atomic E-state index is -0.701. The molecule has 4 unspecified atom stereocenters. The average Bonchev–Trinajstić information content (AvgIpc) is 3.45. The van der Waals surface area contributed by atoms with E-state index >= 15 is 0 Å². The van der Waals surface area contributed by atoms with Crippen LogP contribution < -0.4 is 0 Å². The van der Waals surface area contributed by atoms with E-state index in [1.807, 2.05) is 45.2 Å². The molecule has 244 valence electrons. The molecule has 3 aliphatic carbocycles. The van der Waals surface area contributed by atoms with Gasteiger partial charge in [-0.1, -0.05) is 30.3 Å². The molecule has 9 nitrogen and oxygen atoms in total. The number of ketones is 1. The van der Waals surface area contributed by atoms with Crippen molar-refractivity contribution >= 4 is 17.8 Å². The second-order valence-corrected chi connectivity index (χ2v) is 14.8. The Bertz CT molecular complexity index is 1800. The summed E-state index contributed by atoms with van der Waals surface area (Å²) in [6.45, 7) is 6.20. The second-order valence-electron chi connectivity index (χ2n) is 14.8. The lowest BCUT2D eigenvalue weighted by Crippen LogP contribution is -2.51. The van der Waals surface area contributed by atoms with Gasteiger partial charge < -0.3 is 19.4 Å². The first-order valence-corrected chi connectivity index (χ1v) is 17.1. The molecule has 3 heterocycles. The number of ether oxygens (including phenoxy) is 2. The molecule has 1 N–H and O–H groups in total. The maximum atomic E-state index is 13.2. The third-order valence-corrected chi connectivity index (χ3v) is 10.5. The number of aromatic nitrogens is 2. The lowest BCUT2D eigenvalue weighted by atomic mass is 9.83. The van der Waals surface area contributed by atoms with Gasteiger partial charge in [0.15, 0.2) is 12.4 Å². The van der Waals surface area contributed by atoms with E-state index in [0.29, 0.717) is 11.6 Å². The number of nitrogens with zero attached hydrogens (tertiary/aromatic N) is 3. The van der Waals surface area contributed by atoms with Crippen LogP contribution in [0.25, 0.3) is 22.4 Å². The highest BCUT2D eigenvalue weighted by molar-refractivity contribution is 5.99. The molecule has 1 saturated carbocycles. The van der Waals surface area contributed by atoms with Crippen molar-refractivity contribution < 1.29 is 23.9 Å². The molecular formula is C38H42N4O5. The van der Waals surface area contributed by atoms with Gasteiger partial charge in [0.25, 0.3) is 0 Å². The molecule has 47 heavy (non-hydrogen) atoms. The van der Waals surface area contributed by atoms with E-state index in [1.165, 1.54) is 23.2 Å². The van der Waals surface area contributed by atoms with E-state index in [2.05, 4.69) is 34.2 Å². The summed E-state index contributed by atoms with van der Waals surface area (Å²) in [7, 11) is 0. The Morgan fingerprint density at radius 1 is 1.00 bits per heavy atom. The summed E-state index contributed by atoms with van der Waals surface area (Å²) in [5.74, 6) is 0.317. The minimum absolute atomic E-state index is 0.0208. The molecule has 1 aromatic heterocycles. The number of allylic oxidation sites excluding steroid dienone is 2. The zero-order chi connectivity index (χ0) is 32.4. The number of Topliss-reactive ketones (excluding diaryl/α,β-unsaturated/α-hetero) is 1. The van der Waals surface area contributed by atoms with E-state index in [-0.39, 0.29) is 24.3 Å². The van der Waals surface area contributed by atoms with Crippen LogP contribution in [-0.2, 0) is 27.1 Å². The van der Waals surface area contributed by atoms with Gasteiger partial charge in [-0.2, -0.15) is 0 Å². The molecule has 2 saturated heterocycles. The minimum Gasteiger partial charge on any atom is -0.456 e. The molecule has 2 aliphatic heterocycles.